The Morgan fingerprint density at radius 1 is 1.69 bits per heavy atom. The van der Waals surface area contributed by atoms with Crippen LogP contribution < -0.4 is 11.1 Å². The highest BCUT2D eigenvalue weighted by molar-refractivity contribution is 5.94. The van der Waals surface area contributed by atoms with Gasteiger partial charge in [0, 0.05) is 19.7 Å². The first-order valence-electron chi connectivity index (χ1n) is 5.22. The van der Waals surface area contributed by atoms with E-state index in [4.69, 9.17) is 14.9 Å². The second-order valence-electron chi connectivity index (χ2n) is 3.65. The molecule has 1 amide bonds. The number of carbonyl (C=O) groups excluding carboxylic acids is 1. The zero-order valence-corrected chi connectivity index (χ0v) is 9.66. The van der Waals surface area contributed by atoms with Gasteiger partial charge < -0.3 is 20.2 Å². The first-order chi connectivity index (χ1) is 7.65. The molecule has 5 heteroatoms. The van der Waals surface area contributed by atoms with Crippen molar-refractivity contribution in [1.82, 2.24) is 5.32 Å². The van der Waals surface area contributed by atoms with Crippen LogP contribution in [-0.2, 0) is 4.74 Å². The van der Waals surface area contributed by atoms with Crippen molar-refractivity contribution in [3.63, 3.8) is 0 Å². The van der Waals surface area contributed by atoms with Crippen LogP contribution in [0.5, 0.6) is 0 Å². The predicted molar refractivity (Wildman–Crippen MR) is 60.2 cm³/mol. The van der Waals surface area contributed by atoms with Crippen molar-refractivity contribution in [2.24, 2.45) is 5.73 Å². The van der Waals surface area contributed by atoms with Crippen molar-refractivity contribution in [2.45, 2.75) is 19.4 Å². The molecule has 0 bridgehead atoms. The van der Waals surface area contributed by atoms with Crippen LogP contribution in [0.4, 0.5) is 0 Å². The standard InChI is InChI=1S/C11H18N2O3/c1-8-10(4-6-16-8)11(14)13-5-3-9(12)7-15-2/h4,6,9H,3,5,7,12H2,1-2H3,(H,13,14). The predicted octanol–water partition coefficient (Wildman–Crippen LogP) is 0.682. The summed E-state index contributed by atoms with van der Waals surface area (Å²) in [6.07, 6.45) is 2.19. The first-order valence-corrected chi connectivity index (χ1v) is 5.22. The summed E-state index contributed by atoms with van der Waals surface area (Å²) in [5.74, 6) is 0.495. The van der Waals surface area contributed by atoms with Gasteiger partial charge in [-0.25, -0.2) is 0 Å². The van der Waals surface area contributed by atoms with Crippen molar-refractivity contribution >= 4 is 5.91 Å². The van der Waals surface area contributed by atoms with Gasteiger partial charge in [-0.3, -0.25) is 4.79 Å². The van der Waals surface area contributed by atoms with E-state index in [9.17, 15) is 4.79 Å². The number of amides is 1. The molecule has 0 saturated heterocycles. The highest BCUT2D eigenvalue weighted by Gasteiger charge is 2.11. The summed E-state index contributed by atoms with van der Waals surface area (Å²) < 4.78 is 9.95. The monoisotopic (exact) mass is 226 g/mol. The van der Waals surface area contributed by atoms with Crippen LogP contribution in [0.2, 0.25) is 0 Å². The van der Waals surface area contributed by atoms with Crippen LogP contribution in [0.25, 0.3) is 0 Å². The Bertz CT molecular complexity index is 336. The number of hydrogen-bond acceptors (Lipinski definition) is 4. The molecule has 3 N–H and O–H groups in total. The van der Waals surface area contributed by atoms with Gasteiger partial charge in [-0.2, -0.15) is 0 Å². The van der Waals surface area contributed by atoms with E-state index in [0.717, 1.165) is 0 Å². The van der Waals surface area contributed by atoms with E-state index in [0.29, 0.717) is 30.9 Å². The highest BCUT2D eigenvalue weighted by atomic mass is 16.5. The number of furan rings is 1. The van der Waals surface area contributed by atoms with Gasteiger partial charge in [0.25, 0.3) is 5.91 Å². The van der Waals surface area contributed by atoms with Crippen molar-refractivity contribution < 1.29 is 13.9 Å². The van der Waals surface area contributed by atoms with Crippen LogP contribution in [0.15, 0.2) is 16.7 Å². The summed E-state index contributed by atoms with van der Waals surface area (Å²) in [5, 5.41) is 2.78. The summed E-state index contributed by atoms with van der Waals surface area (Å²) in [6, 6.07) is 1.61. The van der Waals surface area contributed by atoms with Crippen LogP contribution in [0.3, 0.4) is 0 Å². The van der Waals surface area contributed by atoms with Crippen LogP contribution in [-0.4, -0.2) is 32.2 Å². The van der Waals surface area contributed by atoms with Crippen LogP contribution in [0.1, 0.15) is 22.5 Å². The van der Waals surface area contributed by atoms with E-state index in [2.05, 4.69) is 5.32 Å². The van der Waals surface area contributed by atoms with Crippen LogP contribution >= 0.6 is 0 Å². The molecule has 0 fully saturated rings. The molecule has 5 nitrogen and oxygen atoms in total. The molecule has 1 atom stereocenters. The number of ether oxygens (including phenoxy) is 1. The SMILES string of the molecule is COCC(N)CCNC(=O)c1ccoc1C. The summed E-state index contributed by atoms with van der Waals surface area (Å²) in [7, 11) is 1.60. The summed E-state index contributed by atoms with van der Waals surface area (Å²) in [5.41, 5.74) is 6.29. The first kappa shape index (κ1) is 12.7. The lowest BCUT2D eigenvalue weighted by Gasteiger charge is -2.10. The summed E-state index contributed by atoms with van der Waals surface area (Å²) in [4.78, 5) is 11.6. The molecule has 1 heterocycles. The third kappa shape index (κ3) is 3.67. The van der Waals surface area contributed by atoms with Gasteiger partial charge in [0.2, 0.25) is 0 Å². The molecule has 1 unspecified atom stereocenters. The average molecular weight is 226 g/mol. The Morgan fingerprint density at radius 3 is 3.00 bits per heavy atom. The smallest absolute Gasteiger partial charge is 0.254 e. The van der Waals surface area contributed by atoms with Crippen molar-refractivity contribution in [2.75, 3.05) is 20.3 Å². The molecule has 1 aromatic heterocycles. The molecule has 0 aliphatic heterocycles. The Hall–Kier alpha value is -1.33. The molecule has 1 rings (SSSR count). The number of nitrogens with one attached hydrogen (secondary N) is 1. The van der Waals surface area contributed by atoms with Gasteiger partial charge in [0.1, 0.15) is 5.76 Å². The molecule has 0 spiro atoms. The number of carbonyl (C=O) groups is 1. The molecular weight excluding hydrogens is 208 g/mol. The van der Waals surface area contributed by atoms with Gasteiger partial charge in [-0.15, -0.1) is 0 Å². The van der Waals surface area contributed by atoms with Gasteiger partial charge in [0.05, 0.1) is 18.4 Å². The lowest BCUT2D eigenvalue weighted by molar-refractivity contribution is 0.0948. The largest absolute Gasteiger partial charge is 0.469 e. The lowest BCUT2D eigenvalue weighted by Crippen LogP contribution is -2.32. The molecule has 0 aromatic carbocycles. The minimum atomic E-state index is -0.129. The Morgan fingerprint density at radius 2 is 2.44 bits per heavy atom. The van der Waals surface area contributed by atoms with Crippen molar-refractivity contribution in [3.05, 3.63) is 23.7 Å². The van der Waals surface area contributed by atoms with E-state index >= 15 is 0 Å². The second kappa shape index (κ2) is 6.30. The maximum atomic E-state index is 11.6. The van der Waals surface area contributed by atoms with Crippen molar-refractivity contribution in [3.8, 4) is 0 Å². The maximum absolute atomic E-state index is 11.6. The van der Waals surface area contributed by atoms with Crippen molar-refractivity contribution in [1.29, 1.82) is 0 Å². The topological polar surface area (TPSA) is 77.5 Å². The number of nitrogens with two attached hydrogens (primary N) is 1. The fourth-order valence-electron chi connectivity index (χ4n) is 1.38. The molecule has 0 saturated carbocycles. The van der Waals surface area contributed by atoms with E-state index in [1.165, 1.54) is 6.26 Å². The third-order valence-electron chi connectivity index (χ3n) is 2.28. The van der Waals surface area contributed by atoms with E-state index < -0.39 is 0 Å². The Balaban J connectivity index is 2.29. The average Bonchev–Trinajstić information content (AvgIpc) is 2.64. The molecule has 0 aliphatic rings. The van der Waals surface area contributed by atoms with Gasteiger partial charge in [0.15, 0.2) is 0 Å². The van der Waals surface area contributed by atoms with Crippen LogP contribution in [0, 0.1) is 6.92 Å². The lowest BCUT2D eigenvalue weighted by atomic mass is 10.2. The molecule has 16 heavy (non-hydrogen) atoms. The van der Waals surface area contributed by atoms with Gasteiger partial charge in [-0.1, -0.05) is 0 Å². The van der Waals surface area contributed by atoms with Gasteiger partial charge in [-0.05, 0) is 19.4 Å². The minimum absolute atomic E-state index is 0.0456. The molecule has 0 radical (unpaired) electrons. The summed E-state index contributed by atoms with van der Waals surface area (Å²) >= 11 is 0. The highest BCUT2D eigenvalue weighted by Crippen LogP contribution is 2.07. The fourth-order valence-corrected chi connectivity index (χ4v) is 1.38. The maximum Gasteiger partial charge on any atom is 0.254 e. The van der Waals surface area contributed by atoms with E-state index in [-0.39, 0.29) is 11.9 Å². The molecule has 1 aromatic rings. The van der Waals surface area contributed by atoms with E-state index in [1.807, 2.05) is 0 Å². The zero-order chi connectivity index (χ0) is 12.0. The number of aryl methyl sites for hydroxylation is 1. The number of hydrogen-bond donors (Lipinski definition) is 2. The Labute approximate surface area is 94.9 Å². The fraction of sp³-hybridized carbons (Fsp3) is 0.545. The normalized spacial score (nSPS) is 12.4. The zero-order valence-electron chi connectivity index (χ0n) is 9.66. The second-order valence-corrected chi connectivity index (χ2v) is 3.65. The van der Waals surface area contributed by atoms with E-state index in [1.54, 1.807) is 20.1 Å². The quantitative estimate of drug-likeness (QED) is 0.747. The minimum Gasteiger partial charge on any atom is -0.469 e. The molecule has 0 aliphatic carbocycles. The summed E-state index contributed by atoms with van der Waals surface area (Å²) in [6.45, 7) is 2.79. The number of rotatable bonds is 6. The Kier molecular flexibility index (Phi) is 5.01. The van der Waals surface area contributed by atoms with Gasteiger partial charge >= 0.3 is 0 Å². The third-order valence-corrected chi connectivity index (χ3v) is 2.28. The molecular formula is C11H18N2O3. The molecule has 90 valence electrons. The number of methoxy groups -OCH3 is 1.